The Bertz CT molecular complexity index is 2280. The zero-order valence-electron chi connectivity index (χ0n) is 34.7. The number of hydrogen-bond donors (Lipinski definition) is 5. The number of aliphatic hydroxyl groups excluding tert-OH is 1. The van der Waals surface area contributed by atoms with E-state index in [4.69, 9.17) is 21.1 Å². The summed E-state index contributed by atoms with van der Waals surface area (Å²) in [5.41, 5.74) is 3.01. The predicted octanol–water partition coefficient (Wildman–Crippen LogP) is 8.63. The van der Waals surface area contributed by atoms with E-state index < -0.39 is 18.2 Å². The molecule has 5 N–H and O–H groups in total. The van der Waals surface area contributed by atoms with Crippen molar-refractivity contribution in [3.8, 4) is 11.5 Å². The maximum atomic E-state index is 13.7. The molecule has 61 heavy (non-hydrogen) atoms. The quantitative estimate of drug-likeness (QED) is 0.0280. The number of benzene rings is 4. The highest BCUT2D eigenvalue weighted by Crippen LogP contribution is 2.38. The number of H-pyrrole nitrogens is 1. The number of phenolic OH excluding ortho intramolecular Hbond substituents is 1. The normalized spacial score (nSPS) is 19.3. The minimum Gasteiger partial charge on any atom is -0.506 e. The van der Waals surface area contributed by atoms with Crippen LogP contribution < -0.4 is 20.9 Å². The lowest BCUT2D eigenvalue weighted by Gasteiger charge is -2.51. The summed E-state index contributed by atoms with van der Waals surface area (Å²) in [6, 6.07) is 30.5. The fourth-order valence-corrected chi connectivity index (χ4v) is 9.34. The van der Waals surface area contributed by atoms with Crippen LogP contribution in [0.5, 0.6) is 11.5 Å². The van der Waals surface area contributed by atoms with Crippen molar-refractivity contribution in [2.75, 3.05) is 45.9 Å². The summed E-state index contributed by atoms with van der Waals surface area (Å²) in [5.74, 6) is 0.959. The van der Waals surface area contributed by atoms with Crippen molar-refractivity contribution in [2.24, 2.45) is 5.92 Å². The summed E-state index contributed by atoms with van der Waals surface area (Å²) in [5, 5.41) is 28.4. The molecule has 322 valence electrons. The van der Waals surface area contributed by atoms with Crippen molar-refractivity contribution in [3.63, 3.8) is 0 Å². The Hall–Kier alpha value is -5.20. The highest BCUT2D eigenvalue weighted by atomic mass is 35.5. The van der Waals surface area contributed by atoms with E-state index in [2.05, 4.69) is 15.6 Å². The Morgan fingerprint density at radius 2 is 1.52 bits per heavy atom. The second-order valence-corrected chi connectivity index (χ2v) is 17.1. The fourth-order valence-electron chi connectivity index (χ4n) is 9.05. The van der Waals surface area contributed by atoms with Crippen LogP contribution in [0.4, 0.5) is 4.79 Å². The monoisotopic (exact) mass is 849 g/mol. The molecule has 0 saturated carbocycles. The van der Waals surface area contributed by atoms with E-state index in [9.17, 15) is 24.6 Å². The number of alkyl carbamates (subject to hydrolysis) is 1. The number of piperidine rings is 3. The van der Waals surface area contributed by atoms with Crippen LogP contribution in [0.1, 0.15) is 97.0 Å². The first-order valence-electron chi connectivity index (χ1n) is 21.8. The molecular formula is C49H58ClN4O7+. The number of halogens is 1. The van der Waals surface area contributed by atoms with Crippen LogP contribution in [0.25, 0.3) is 10.9 Å². The lowest BCUT2D eigenvalue weighted by molar-refractivity contribution is -0.938. The number of aromatic nitrogens is 1. The number of aromatic hydroxyl groups is 1. The molecule has 3 aliphatic heterocycles. The molecule has 3 atom stereocenters. The van der Waals surface area contributed by atoms with Crippen molar-refractivity contribution >= 4 is 34.4 Å². The smallest absolute Gasteiger partial charge is 0.408 e. The van der Waals surface area contributed by atoms with E-state index >= 15 is 0 Å². The molecule has 1 aromatic heterocycles. The van der Waals surface area contributed by atoms with Gasteiger partial charge >= 0.3 is 6.09 Å². The van der Waals surface area contributed by atoms with Gasteiger partial charge in [-0.3, -0.25) is 9.59 Å². The summed E-state index contributed by atoms with van der Waals surface area (Å²) in [4.78, 5) is 41.2. The molecular weight excluding hydrogens is 792 g/mol. The van der Waals surface area contributed by atoms with Gasteiger partial charge < -0.3 is 39.8 Å². The van der Waals surface area contributed by atoms with Gasteiger partial charge in [0.05, 0.1) is 42.4 Å². The molecule has 11 nitrogen and oxygen atoms in total. The first kappa shape index (κ1) is 43.9. The standard InChI is InChI=1S/C49H57ClN4O7/c50-46-39(47(36-17-10-7-11-18-36)53-49(59)61-44-33-54(28-25-35(44)26-29-54)32-42(57)34-15-8-6-9-16-34)19-14-20-43(46)60-30-13-5-3-1-2-4-12-27-51-31-41(56)37-21-23-40(55)48-38(37)22-24-45(58)52-48/h6-11,14-24,35,41,44,47,51,56H,1-5,12-13,25-33H2,(H2-,52,53,55,58,59)/p+1/t35?,41-,44+,47?,54?/m1/s1. The van der Waals surface area contributed by atoms with Crippen LogP contribution in [-0.2, 0) is 4.74 Å². The Labute approximate surface area is 362 Å². The number of unbranched alkanes of at least 4 members (excludes halogenated alkanes) is 6. The first-order chi connectivity index (χ1) is 29.7. The van der Waals surface area contributed by atoms with E-state index in [1.807, 2.05) is 78.9 Å². The lowest BCUT2D eigenvalue weighted by Crippen LogP contribution is -2.66. The predicted molar refractivity (Wildman–Crippen MR) is 238 cm³/mol. The maximum Gasteiger partial charge on any atom is 0.408 e. The largest absolute Gasteiger partial charge is 0.506 e. The van der Waals surface area contributed by atoms with Gasteiger partial charge in [-0.2, -0.15) is 0 Å². The molecule has 0 radical (unpaired) electrons. The van der Waals surface area contributed by atoms with Crippen LogP contribution in [0.15, 0.2) is 108 Å². The van der Waals surface area contributed by atoms with E-state index in [0.717, 1.165) is 94.1 Å². The van der Waals surface area contributed by atoms with Crippen LogP contribution in [0, 0.1) is 5.92 Å². The lowest BCUT2D eigenvalue weighted by atomic mass is 9.83. The molecule has 0 aliphatic carbocycles. The number of phenols is 1. The van der Waals surface area contributed by atoms with Gasteiger partial charge in [-0.25, -0.2) is 4.79 Å². The Balaban J connectivity index is 0.829. The Morgan fingerprint density at radius 1 is 0.820 bits per heavy atom. The van der Waals surface area contributed by atoms with Crippen molar-refractivity contribution in [2.45, 2.75) is 76.0 Å². The summed E-state index contributed by atoms with van der Waals surface area (Å²) in [7, 11) is 0. The second-order valence-electron chi connectivity index (χ2n) is 16.7. The molecule has 5 aromatic rings. The molecule has 3 fully saturated rings. The number of pyridine rings is 1. The number of Topliss-reactive ketones (excluding diaryl/α,β-unsaturated/α-hetero) is 1. The van der Waals surface area contributed by atoms with Gasteiger partial charge in [0.15, 0.2) is 6.10 Å². The average Bonchev–Trinajstić information content (AvgIpc) is 3.27. The fraction of sp³-hybridized carbons (Fsp3) is 0.408. The van der Waals surface area contributed by atoms with Gasteiger partial charge in [-0.15, -0.1) is 0 Å². The number of rotatable bonds is 21. The summed E-state index contributed by atoms with van der Waals surface area (Å²) < 4.78 is 13.0. The highest BCUT2D eigenvalue weighted by Gasteiger charge is 2.48. The van der Waals surface area contributed by atoms with Crippen LogP contribution in [-0.4, -0.2) is 83.5 Å². The number of aromatic amines is 1. The molecule has 0 spiro atoms. The number of carbonyl (C=O) groups is 2. The maximum absolute atomic E-state index is 13.7. The molecule has 4 aromatic carbocycles. The minimum absolute atomic E-state index is 0.0208. The Kier molecular flexibility index (Phi) is 15.1. The third kappa shape index (κ3) is 11.4. The van der Waals surface area contributed by atoms with Gasteiger partial charge in [-0.05, 0) is 48.7 Å². The molecule has 8 rings (SSSR count). The molecule has 12 heteroatoms. The SMILES string of the molecule is O=C(NC(c1ccccc1)c1cccc(OCCCCCCCCCNC[C@@H](O)c2ccc(O)c3[nH]c(=O)ccc23)c1Cl)O[C@H]1C[N+]2(CC(=O)c3ccccc3)CCC1CC2. The average molecular weight is 850 g/mol. The van der Waals surface area contributed by atoms with E-state index in [1.165, 1.54) is 12.1 Å². The number of carbonyl (C=O) groups excluding carboxylic acids is 2. The molecule has 1 amide bonds. The molecule has 1 unspecified atom stereocenters. The second kappa shape index (κ2) is 21.1. The number of ether oxygens (including phenoxy) is 2. The van der Waals surface area contributed by atoms with Gasteiger partial charge in [0.25, 0.3) is 0 Å². The van der Waals surface area contributed by atoms with Gasteiger partial charge in [-0.1, -0.05) is 123 Å². The molecule has 2 bridgehead atoms. The van der Waals surface area contributed by atoms with Crippen molar-refractivity contribution in [1.82, 2.24) is 15.6 Å². The van der Waals surface area contributed by atoms with E-state index in [0.29, 0.717) is 58.0 Å². The zero-order chi connectivity index (χ0) is 42.6. The number of nitrogens with one attached hydrogen (secondary N) is 3. The Morgan fingerprint density at radius 3 is 2.28 bits per heavy atom. The van der Waals surface area contributed by atoms with E-state index in [1.54, 1.807) is 12.1 Å². The van der Waals surface area contributed by atoms with Crippen LogP contribution in [0.2, 0.25) is 5.02 Å². The van der Waals surface area contributed by atoms with Crippen molar-refractivity contribution in [1.29, 1.82) is 0 Å². The number of fused-ring (bicyclic) bond motifs is 4. The first-order valence-corrected chi connectivity index (χ1v) is 22.2. The third-order valence-corrected chi connectivity index (χ3v) is 12.8. The number of hydrogen-bond acceptors (Lipinski definition) is 8. The number of ketones is 1. The number of amides is 1. The van der Waals surface area contributed by atoms with Crippen LogP contribution >= 0.6 is 11.6 Å². The highest BCUT2D eigenvalue weighted by molar-refractivity contribution is 6.33. The third-order valence-electron chi connectivity index (χ3n) is 12.4. The summed E-state index contributed by atoms with van der Waals surface area (Å²) in [6.07, 6.45) is 7.69. The molecule has 3 aliphatic rings. The number of nitrogens with zero attached hydrogens (tertiary/aromatic N) is 1. The molecule has 4 heterocycles. The number of quaternary nitrogens is 1. The molecule has 3 saturated heterocycles. The summed E-state index contributed by atoms with van der Waals surface area (Å²) >= 11 is 7.02. The van der Waals surface area contributed by atoms with E-state index in [-0.39, 0.29) is 29.1 Å². The van der Waals surface area contributed by atoms with Crippen molar-refractivity contribution < 1.29 is 33.8 Å². The van der Waals surface area contributed by atoms with Gasteiger partial charge in [0.2, 0.25) is 11.3 Å². The number of aliphatic hydroxyl groups is 1. The topological polar surface area (TPSA) is 150 Å². The zero-order valence-corrected chi connectivity index (χ0v) is 35.5. The van der Waals surface area contributed by atoms with Gasteiger partial charge in [0.1, 0.15) is 24.6 Å². The van der Waals surface area contributed by atoms with Crippen LogP contribution in [0.3, 0.4) is 0 Å². The van der Waals surface area contributed by atoms with Crippen molar-refractivity contribution in [3.05, 3.63) is 141 Å². The summed E-state index contributed by atoms with van der Waals surface area (Å²) in [6.45, 7) is 4.58. The van der Waals surface area contributed by atoms with Gasteiger partial charge in [0, 0.05) is 47.9 Å². The minimum atomic E-state index is -0.764.